The highest BCUT2D eigenvalue weighted by molar-refractivity contribution is 4.94. The highest BCUT2D eigenvalue weighted by atomic mass is 16.7. The molecule has 2 aliphatic rings. The van der Waals surface area contributed by atoms with E-state index in [2.05, 4.69) is 6.92 Å². The lowest BCUT2D eigenvalue weighted by Gasteiger charge is -2.45. The van der Waals surface area contributed by atoms with Crippen LogP contribution in [-0.4, -0.2) is 117 Å². The molecule has 0 aromatic rings. The second-order valence-electron chi connectivity index (χ2n) is 10.3. The monoisotopic (exact) mass is 538 g/mol. The van der Waals surface area contributed by atoms with Gasteiger partial charge >= 0.3 is 0 Å². The van der Waals surface area contributed by atoms with Gasteiger partial charge in [-0.2, -0.15) is 0 Å². The molecule has 11 nitrogen and oxygen atoms in total. The summed E-state index contributed by atoms with van der Waals surface area (Å²) in [6.07, 6.45) is 0.153. The number of ether oxygens (including phenoxy) is 4. The number of aliphatic hydroxyl groups is 7. The van der Waals surface area contributed by atoms with Gasteiger partial charge in [-0.3, -0.25) is 0 Å². The van der Waals surface area contributed by atoms with Crippen molar-refractivity contribution < 1.29 is 54.7 Å². The van der Waals surface area contributed by atoms with Crippen LogP contribution in [0, 0.1) is 0 Å². The van der Waals surface area contributed by atoms with E-state index in [1.54, 1.807) is 0 Å². The summed E-state index contributed by atoms with van der Waals surface area (Å²) in [6.45, 7) is 1.33. The zero-order valence-corrected chi connectivity index (χ0v) is 22.1. The molecule has 0 unspecified atom stereocenters. The topological polar surface area (TPSA) is 179 Å². The van der Waals surface area contributed by atoms with Crippen LogP contribution >= 0.6 is 0 Å². The Morgan fingerprint density at radius 3 is 1.57 bits per heavy atom. The van der Waals surface area contributed by atoms with E-state index in [0.29, 0.717) is 6.61 Å². The Hall–Kier alpha value is -0.440. The first-order valence-corrected chi connectivity index (χ1v) is 14.1. The van der Waals surface area contributed by atoms with E-state index < -0.39 is 74.6 Å². The largest absolute Gasteiger partial charge is 0.394 e. The molecule has 2 saturated heterocycles. The van der Waals surface area contributed by atoms with Crippen molar-refractivity contribution in [2.75, 3.05) is 19.8 Å². The number of hydrogen-bond acceptors (Lipinski definition) is 11. The summed E-state index contributed by atoms with van der Waals surface area (Å²) in [5.41, 5.74) is 0. The summed E-state index contributed by atoms with van der Waals surface area (Å²) >= 11 is 0. The Labute approximate surface area is 220 Å². The van der Waals surface area contributed by atoms with Gasteiger partial charge in [0, 0.05) is 6.61 Å². The van der Waals surface area contributed by atoms with Crippen molar-refractivity contribution in [3.8, 4) is 0 Å². The molecule has 0 saturated carbocycles. The fourth-order valence-corrected chi connectivity index (χ4v) is 4.84. The van der Waals surface area contributed by atoms with Crippen LogP contribution in [0.15, 0.2) is 0 Å². The van der Waals surface area contributed by atoms with E-state index >= 15 is 0 Å². The van der Waals surface area contributed by atoms with Gasteiger partial charge in [0.05, 0.1) is 13.2 Å². The molecule has 2 aliphatic heterocycles. The molecule has 0 spiro atoms. The summed E-state index contributed by atoms with van der Waals surface area (Å²) in [4.78, 5) is 0. The summed E-state index contributed by atoms with van der Waals surface area (Å²) < 4.78 is 22.1. The first kappa shape index (κ1) is 32.8. The van der Waals surface area contributed by atoms with Crippen LogP contribution in [0.3, 0.4) is 0 Å². The summed E-state index contributed by atoms with van der Waals surface area (Å²) in [6, 6.07) is 0. The van der Waals surface area contributed by atoms with Gasteiger partial charge in [-0.15, -0.1) is 0 Å². The minimum absolute atomic E-state index is 0.322. The molecular formula is C26H50O11. The number of rotatable bonds is 18. The highest BCUT2D eigenvalue weighted by Crippen LogP contribution is 2.29. The third-order valence-electron chi connectivity index (χ3n) is 7.24. The van der Waals surface area contributed by atoms with Crippen LogP contribution in [0.2, 0.25) is 0 Å². The average Bonchev–Trinajstić information content (AvgIpc) is 2.90. The van der Waals surface area contributed by atoms with Crippen LogP contribution in [0.1, 0.15) is 84.0 Å². The molecule has 0 radical (unpaired) electrons. The maximum absolute atomic E-state index is 10.6. The van der Waals surface area contributed by atoms with Crippen LogP contribution in [0.4, 0.5) is 0 Å². The van der Waals surface area contributed by atoms with Gasteiger partial charge in [0.1, 0.15) is 48.8 Å². The van der Waals surface area contributed by atoms with Crippen molar-refractivity contribution in [1.82, 2.24) is 0 Å². The number of unbranched alkanes of at least 4 members (excludes halogenated alkanes) is 11. The van der Waals surface area contributed by atoms with Crippen molar-refractivity contribution in [3.05, 3.63) is 0 Å². The maximum Gasteiger partial charge on any atom is 0.187 e. The standard InChI is InChI=1S/C26H50O11/c1-2-3-4-5-6-7-8-9-10-11-12-13-14-34-25-23(33)21(31)24(18(16-28)36-25)37-26-22(32)20(30)19(29)17(15-27)35-26/h17-33H,2-16H2,1H3/t17-,18-,19-,20+,21-,22-,23-,24-,25-,26-/m1/s1. The molecule has 0 aromatic carbocycles. The van der Waals surface area contributed by atoms with Crippen molar-refractivity contribution in [3.63, 3.8) is 0 Å². The van der Waals surface area contributed by atoms with Crippen LogP contribution in [-0.2, 0) is 18.9 Å². The molecular weight excluding hydrogens is 488 g/mol. The van der Waals surface area contributed by atoms with Crippen molar-refractivity contribution >= 4 is 0 Å². The van der Waals surface area contributed by atoms with Crippen LogP contribution < -0.4 is 0 Å². The van der Waals surface area contributed by atoms with E-state index in [-0.39, 0.29) is 0 Å². The van der Waals surface area contributed by atoms with Gasteiger partial charge in [0.2, 0.25) is 0 Å². The molecule has 0 aromatic heterocycles. The van der Waals surface area contributed by atoms with E-state index in [9.17, 15) is 35.7 Å². The molecule has 2 fully saturated rings. The van der Waals surface area contributed by atoms with Gasteiger partial charge in [0.15, 0.2) is 12.6 Å². The first-order chi connectivity index (χ1) is 17.8. The van der Waals surface area contributed by atoms with Crippen LogP contribution in [0.25, 0.3) is 0 Å². The fraction of sp³-hybridized carbons (Fsp3) is 1.00. The molecule has 10 atom stereocenters. The molecule has 2 heterocycles. The third kappa shape index (κ3) is 10.2. The number of hydrogen-bond donors (Lipinski definition) is 7. The van der Waals surface area contributed by atoms with Crippen LogP contribution in [0.5, 0.6) is 0 Å². The predicted molar refractivity (Wildman–Crippen MR) is 133 cm³/mol. The SMILES string of the molecule is CCCCCCCCCCCCCCO[C@@H]1O[C@H](CO)[C@@H](O[C@H]2O[C@H](CO)[C@@H](O)[C@H](O)[C@H]2O)[C@H](O)[C@H]1O. The highest BCUT2D eigenvalue weighted by Gasteiger charge is 2.50. The second kappa shape index (κ2) is 18.0. The lowest BCUT2D eigenvalue weighted by atomic mass is 9.97. The van der Waals surface area contributed by atoms with E-state index in [1.165, 1.54) is 57.8 Å². The molecule has 0 bridgehead atoms. The molecule has 2 rings (SSSR count). The Bertz CT molecular complexity index is 579. The molecule has 7 N–H and O–H groups in total. The molecule has 0 aliphatic carbocycles. The first-order valence-electron chi connectivity index (χ1n) is 14.1. The smallest absolute Gasteiger partial charge is 0.187 e. The zero-order valence-electron chi connectivity index (χ0n) is 22.1. The zero-order chi connectivity index (χ0) is 27.2. The van der Waals surface area contributed by atoms with Gasteiger partial charge < -0.3 is 54.7 Å². The van der Waals surface area contributed by atoms with Gasteiger partial charge in [-0.25, -0.2) is 0 Å². The summed E-state index contributed by atoms with van der Waals surface area (Å²) in [5, 5.41) is 70.3. The molecule has 11 heteroatoms. The maximum atomic E-state index is 10.6. The normalized spacial score (nSPS) is 36.6. The van der Waals surface area contributed by atoms with Gasteiger partial charge in [0.25, 0.3) is 0 Å². The Kier molecular flexibility index (Phi) is 16.0. The molecule has 220 valence electrons. The molecule has 37 heavy (non-hydrogen) atoms. The van der Waals surface area contributed by atoms with Crippen molar-refractivity contribution in [2.24, 2.45) is 0 Å². The van der Waals surface area contributed by atoms with Crippen molar-refractivity contribution in [2.45, 2.75) is 145 Å². The number of aliphatic hydroxyl groups excluding tert-OH is 7. The minimum atomic E-state index is -1.69. The Morgan fingerprint density at radius 2 is 1.03 bits per heavy atom. The Morgan fingerprint density at radius 1 is 0.541 bits per heavy atom. The van der Waals surface area contributed by atoms with Crippen molar-refractivity contribution in [1.29, 1.82) is 0 Å². The van der Waals surface area contributed by atoms with E-state index in [1.807, 2.05) is 0 Å². The fourth-order valence-electron chi connectivity index (χ4n) is 4.84. The van der Waals surface area contributed by atoms with E-state index in [4.69, 9.17) is 18.9 Å². The minimum Gasteiger partial charge on any atom is -0.394 e. The van der Waals surface area contributed by atoms with Gasteiger partial charge in [-0.1, -0.05) is 77.6 Å². The predicted octanol–water partition coefficient (Wildman–Crippen LogP) is 0.328. The summed E-state index contributed by atoms with van der Waals surface area (Å²) in [5.74, 6) is 0. The Balaban J connectivity index is 1.68. The lowest BCUT2D eigenvalue weighted by Crippen LogP contribution is -2.64. The van der Waals surface area contributed by atoms with Gasteiger partial charge in [-0.05, 0) is 6.42 Å². The second-order valence-corrected chi connectivity index (χ2v) is 10.3. The average molecular weight is 539 g/mol. The lowest BCUT2D eigenvalue weighted by molar-refractivity contribution is -0.359. The summed E-state index contributed by atoms with van der Waals surface area (Å²) in [7, 11) is 0. The molecule has 0 amide bonds. The quantitative estimate of drug-likeness (QED) is 0.120. The van der Waals surface area contributed by atoms with E-state index in [0.717, 1.165) is 19.3 Å². The third-order valence-corrected chi connectivity index (χ3v) is 7.24.